The number of hydrogen-bond donors (Lipinski definition) is 2. The largest absolute Gasteiger partial charge is 0.707 e. The normalized spacial score (nSPS) is 10.3. The molecule has 0 atom stereocenters. The van der Waals surface area contributed by atoms with Crippen LogP contribution in [0.5, 0.6) is 5.75 Å². The van der Waals surface area contributed by atoms with Crippen molar-refractivity contribution in [3.05, 3.63) is 36.0 Å². The van der Waals surface area contributed by atoms with E-state index in [1.807, 2.05) is 19.1 Å². The first-order valence-corrected chi connectivity index (χ1v) is 4.55. The van der Waals surface area contributed by atoms with E-state index >= 15 is 0 Å². The van der Waals surface area contributed by atoms with Gasteiger partial charge in [-0.25, -0.2) is 0 Å². The molecule has 0 bridgehead atoms. The summed E-state index contributed by atoms with van der Waals surface area (Å²) in [5.74, 6) is 0.415. The summed E-state index contributed by atoms with van der Waals surface area (Å²) in [7, 11) is -1.81. The van der Waals surface area contributed by atoms with E-state index in [0.29, 0.717) is 5.75 Å². The molecule has 0 amide bonds. The molecule has 0 unspecified atom stereocenters. The molecular formula is C10H10BNO3. The third kappa shape index (κ3) is 1.93. The molecule has 2 aromatic rings. The molecule has 1 heterocycles. The first-order chi connectivity index (χ1) is 7.18. The van der Waals surface area contributed by atoms with Crippen molar-refractivity contribution in [2.45, 2.75) is 6.92 Å². The maximum absolute atomic E-state index is 8.75. The Morgan fingerprint density at radius 2 is 2.07 bits per heavy atom. The summed E-state index contributed by atoms with van der Waals surface area (Å²) in [4.78, 5) is 4.21. The minimum atomic E-state index is -1.81. The summed E-state index contributed by atoms with van der Waals surface area (Å²) in [6, 6.07) is 7.12. The van der Waals surface area contributed by atoms with E-state index in [0.717, 1.165) is 16.5 Å². The Hall–Kier alpha value is -1.59. The maximum atomic E-state index is 8.75. The molecule has 5 heteroatoms. The lowest BCUT2D eigenvalue weighted by Crippen LogP contribution is -2.20. The van der Waals surface area contributed by atoms with Crippen molar-refractivity contribution >= 4 is 18.2 Å². The number of benzene rings is 1. The van der Waals surface area contributed by atoms with Crippen molar-refractivity contribution in [1.82, 2.24) is 4.98 Å². The molecular weight excluding hydrogens is 193 g/mol. The smallest absolute Gasteiger partial charge is 0.511 e. The van der Waals surface area contributed by atoms with Crippen LogP contribution < -0.4 is 4.65 Å². The molecule has 0 aliphatic heterocycles. The van der Waals surface area contributed by atoms with Gasteiger partial charge in [0.15, 0.2) is 0 Å². The van der Waals surface area contributed by atoms with Gasteiger partial charge in [0.25, 0.3) is 0 Å². The van der Waals surface area contributed by atoms with Crippen LogP contribution in [0.15, 0.2) is 30.5 Å². The van der Waals surface area contributed by atoms with Crippen molar-refractivity contribution in [3.63, 3.8) is 0 Å². The van der Waals surface area contributed by atoms with Crippen LogP contribution in [0, 0.1) is 6.92 Å². The Morgan fingerprint density at radius 1 is 1.27 bits per heavy atom. The number of nitrogens with zero attached hydrogens (tertiary/aromatic N) is 1. The summed E-state index contributed by atoms with van der Waals surface area (Å²) in [6.45, 7) is 1.94. The van der Waals surface area contributed by atoms with Crippen LogP contribution in [0.25, 0.3) is 10.9 Å². The Bertz CT molecular complexity index is 487. The van der Waals surface area contributed by atoms with E-state index in [2.05, 4.69) is 4.98 Å². The summed E-state index contributed by atoms with van der Waals surface area (Å²) < 4.78 is 4.85. The van der Waals surface area contributed by atoms with Crippen LogP contribution in [0.4, 0.5) is 0 Å². The fraction of sp³-hybridized carbons (Fsp3) is 0.100. The second-order valence-electron chi connectivity index (χ2n) is 3.22. The predicted molar refractivity (Wildman–Crippen MR) is 57.3 cm³/mol. The van der Waals surface area contributed by atoms with Gasteiger partial charge in [-0.3, -0.25) is 4.98 Å². The van der Waals surface area contributed by atoms with Gasteiger partial charge >= 0.3 is 7.32 Å². The molecule has 1 aromatic heterocycles. The molecule has 2 N–H and O–H groups in total. The second-order valence-corrected chi connectivity index (χ2v) is 3.22. The highest BCUT2D eigenvalue weighted by atomic mass is 16.6. The van der Waals surface area contributed by atoms with Gasteiger partial charge in [0, 0.05) is 11.6 Å². The first kappa shape index (κ1) is 9.95. The number of hydrogen-bond acceptors (Lipinski definition) is 4. The molecule has 0 saturated heterocycles. The van der Waals surface area contributed by atoms with Crippen LogP contribution in [0.1, 0.15) is 5.56 Å². The highest BCUT2D eigenvalue weighted by Crippen LogP contribution is 2.26. The Labute approximate surface area is 87.3 Å². The number of pyridine rings is 1. The summed E-state index contributed by atoms with van der Waals surface area (Å²) in [6.07, 6.45) is 1.69. The highest BCUT2D eigenvalue weighted by Gasteiger charge is 2.14. The van der Waals surface area contributed by atoms with Crippen molar-refractivity contribution in [2.75, 3.05) is 0 Å². The Morgan fingerprint density at radius 3 is 2.80 bits per heavy atom. The molecule has 15 heavy (non-hydrogen) atoms. The standard InChI is InChI=1S/C10H10BNO3/c1-7-4-5-9(15-11(13)14)8-3-2-6-12-10(7)8/h2-6,13-14H,1H3. The van der Waals surface area contributed by atoms with Crippen molar-refractivity contribution in [1.29, 1.82) is 0 Å². The summed E-state index contributed by atoms with van der Waals surface area (Å²) >= 11 is 0. The third-order valence-corrected chi connectivity index (χ3v) is 2.16. The van der Waals surface area contributed by atoms with Gasteiger partial charge in [-0.05, 0) is 30.7 Å². The SMILES string of the molecule is Cc1ccc(OB(O)O)c2cccnc12. The zero-order valence-electron chi connectivity index (χ0n) is 8.21. The van der Waals surface area contributed by atoms with Gasteiger partial charge in [-0.1, -0.05) is 6.07 Å². The number of rotatable bonds is 2. The lowest BCUT2D eigenvalue weighted by atomic mass is 10.1. The summed E-state index contributed by atoms with van der Waals surface area (Å²) in [5.41, 5.74) is 1.82. The fourth-order valence-electron chi connectivity index (χ4n) is 1.50. The van der Waals surface area contributed by atoms with Crippen LogP contribution in [0.2, 0.25) is 0 Å². The van der Waals surface area contributed by atoms with Crippen LogP contribution in [0.3, 0.4) is 0 Å². The minimum Gasteiger partial charge on any atom is -0.511 e. The molecule has 0 radical (unpaired) electrons. The van der Waals surface area contributed by atoms with Crippen molar-refractivity contribution < 1.29 is 14.7 Å². The second kappa shape index (κ2) is 3.88. The molecule has 0 fully saturated rings. The molecule has 0 saturated carbocycles. The summed E-state index contributed by atoms with van der Waals surface area (Å²) in [5, 5.41) is 18.3. The molecule has 1 aromatic carbocycles. The molecule has 0 spiro atoms. The molecule has 2 rings (SSSR count). The highest BCUT2D eigenvalue weighted by molar-refractivity contribution is 6.34. The molecule has 0 aliphatic carbocycles. The lowest BCUT2D eigenvalue weighted by molar-refractivity contribution is 0.289. The average molecular weight is 203 g/mol. The first-order valence-electron chi connectivity index (χ1n) is 4.55. The number of fused-ring (bicyclic) bond motifs is 1. The number of aromatic nitrogens is 1. The molecule has 0 aliphatic rings. The Balaban J connectivity index is 2.61. The minimum absolute atomic E-state index is 0.415. The van der Waals surface area contributed by atoms with Gasteiger partial charge in [-0.15, -0.1) is 0 Å². The van der Waals surface area contributed by atoms with E-state index in [-0.39, 0.29) is 0 Å². The predicted octanol–water partition coefficient (Wildman–Crippen LogP) is 0.892. The average Bonchev–Trinajstić information content (AvgIpc) is 2.22. The quantitative estimate of drug-likeness (QED) is 0.711. The molecule has 4 nitrogen and oxygen atoms in total. The van der Waals surface area contributed by atoms with Gasteiger partial charge < -0.3 is 14.7 Å². The van der Waals surface area contributed by atoms with Crippen molar-refractivity contribution in [2.24, 2.45) is 0 Å². The zero-order valence-corrected chi connectivity index (χ0v) is 8.21. The van der Waals surface area contributed by atoms with Gasteiger partial charge in [0.1, 0.15) is 5.75 Å². The van der Waals surface area contributed by atoms with Crippen LogP contribution in [-0.4, -0.2) is 22.4 Å². The van der Waals surface area contributed by atoms with Gasteiger partial charge in [-0.2, -0.15) is 0 Å². The number of aryl methyl sites for hydroxylation is 1. The zero-order chi connectivity index (χ0) is 10.8. The molecule has 76 valence electrons. The van der Waals surface area contributed by atoms with E-state index in [1.54, 1.807) is 18.3 Å². The van der Waals surface area contributed by atoms with Gasteiger partial charge in [0.05, 0.1) is 5.52 Å². The topological polar surface area (TPSA) is 62.6 Å². The fourth-order valence-corrected chi connectivity index (χ4v) is 1.50. The van der Waals surface area contributed by atoms with E-state index < -0.39 is 7.32 Å². The lowest BCUT2D eigenvalue weighted by Gasteiger charge is -2.09. The van der Waals surface area contributed by atoms with E-state index in [9.17, 15) is 0 Å². The van der Waals surface area contributed by atoms with Crippen LogP contribution >= 0.6 is 0 Å². The van der Waals surface area contributed by atoms with Crippen molar-refractivity contribution in [3.8, 4) is 5.75 Å². The van der Waals surface area contributed by atoms with E-state index in [1.165, 1.54) is 0 Å². The van der Waals surface area contributed by atoms with E-state index in [4.69, 9.17) is 14.7 Å². The monoisotopic (exact) mass is 203 g/mol. The maximum Gasteiger partial charge on any atom is 0.707 e. The third-order valence-electron chi connectivity index (χ3n) is 2.16. The Kier molecular flexibility index (Phi) is 2.57. The van der Waals surface area contributed by atoms with Crippen LogP contribution in [-0.2, 0) is 0 Å². The van der Waals surface area contributed by atoms with Gasteiger partial charge in [0.2, 0.25) is 0 Å².